The van der Waals surface area contributed by atoms with Crippen molar-refractivity contribution in [3.05, 3.63) is 64.7 Å². The van der Waals surface area contributed by atoms with Crippen molar-refractivity contribution in [2.75, 3.05) is 20.1 Å². The molecule has 4 rings (SSSR count). The molecule has 0 spiro atoms. The number of carbonyl (C=O) groups is 1. The van der Waals surface area contributed by atoms with Crippen molar-refractivity contribution in [2.24, 2.45) is 0 Å². The minimum Gasteiger partial charge on any atom is -0.336 e. The van der Waals surface area contributed by atoms with E-state index in [0.717, 1.165) is 34.7 Å². The van der Waals surface area contributed by atoms with Crippen molar-refractivity contribution in [3.8, 4) is 0 Å². The first-order valence-electron chi connectivity index (χ1n) is 9.74. The monoisotopic (exact) mass is 394 g/mol. The predicted octanol–water partition coefficient (Wildman–Crippen LogP) is 3.88. The standard InChI is InChI=1S/C22H26N4OS/c1-16(26-12-11-17-7-3-4-8-18(17)14-26)13-23-22(27)25(2)15-21-24-19-9-5-6-10-20(19)28-21/h3-10,16H,11-15H2,1-2H3,(H,23,27). The molecule has 6 heteroatoms. The molecule has 2 amide bonds. The predicted molar refractivity (Wildman–Crippen MR) is 115 cm³/mol. The zero-order chi connectivity index (χ0) is 19.5. The molecule has 3 aromatic rings. The third-order valence-electron chi connectivity index (χ3n) is 5.39. The summed E-state index contributed by atoms with van der Waals surface area (Å²) in [6, 6.07) is 17.0. The van der Waals surface area contributed by atoms with Crippen LogP contribution in [0.2, 0.25) is 0 Å². The van der Waals surface area contributed by atoms with Crippen LogP contribution < -0.4 is 5.32 Å². The maximum atomic E-state index is 12.5. The lowest BCUT2D eigenvalue weighted by molar-refractivity contribution is 0.176. The number of hydrogen-bond acceptors (Lipinski definition) is 4. The highest BCUT2D eigenvalue weighted by molar-refractivity contribution is 7.18. The van der Waals surface area contributed by atoms with Gasteiger partial charge < -0.3 is 10.2 Å². The summed E-state index contributed by atoms with van der Waals surface area (Å²) in [5, 5.41) is 4.04. The van der Waals surface area contributed by atoms with Gasteiger partial charge in [0.1, 0.15) is 5.01 Å². The second-order valence-electron chi connectivity index (χ2n) is 7.46. The van der Waals surface area contributed by atoms with Crippen LogP contribution in [0.25, 0.3) is 10.2 Å². The highest BCUT2D eigenvalue weighted by Gasteiger charge is 2.21. The Hall–Kier alpha value is -2.44. The lowest BCUT2D eigenvalue weighted by Gasteiger charge is -2.34. The normalized spacial score (nSPS) is 15.2. The van der Waals surface area contributed by atoms with Crippen molar-refractivity contribution >= 4 is 27.6 Å². The van der Waals surface area contributed by atoms with Crippen LogP contribution in [0.3, 0.4) is 0 Å². The minimum absolute atomic E-state index is 0.0523. The topological polar surface area (TPSA) is 48.5 Å². The first kappa shape index (κ1) is 18.9. The first-order chi connectivity index (χ1) is 13.6. The number of thiazole rings is 1. The molecule has 146 valence electrons. The van der Waals surface area contributed by atoms with Gasteiger partial charge in [0.2, 0.25) is 0 Å². The Morgan fingerprint density at radius 3 is 2.79 bits per heavy atom. The van der Waals surface area contributed by atoms with E-state index in [1.54, 1.807) is 16.2 Å². The number of para-hydroxylation sites is 1. The van der Waals surface area contributed by atoms with Gasteiger partial charge in [0.25, 0.3) is 0 Å². The molecule has 0 saturated heterocycles. The summed E-state index contributed by atoms with van der Waals surface area (Å²) in [6.45, 7) is 5.34. The van der Waals surface area contributed by atoms with Crippen LogP contribution in [-0.4, -0.2) is 47.0 Å². The molecule has 1 N–H and O–H groups in total. The van der Waals surface area contributed by atoms with Crippen molar-refractivity contribution in [1.82, 2.24) is 20.1 Å². The van der Waals surface area contributed by atoms with E-state index in [9.17, 15) is 4.79 Å². The Morgan fingerprint density at radius 2 is 1.96 bits per heavy atom. The van der Waals surface area contributed by atoms with Gasteiger partial charge in [-0.05, 0) is 36.6 Å². The fourth-order valence-electron chi connectivity index (χ4n) is 3.66. The quantitative estimate of drug-likeness (QED) is 0.714. The van der Waals surface area contributed by atoms with E-state index in [2.05, 4.69) is 52.5 Å². The molecule has 1 aliphatic heterocycles. The minimum atomic E-state index is -0.0523. The van der Waals surface area contributed by atoms with E-state index in [1.165, 1.54) is 11.1 Å². The molecule has 28 heavy (non-hydrogen) atoms. The number of aromatic nitrogens is 1. The fraction of sp³-hybridized carbons (Fsp3) is 0.364. The summed E-state index contributed by atoms with van der Waals surface area (Å²) < 4.78 is 1.16. The molecule has 0 aliphatic carbocycles. The van der Waals surface area contributed by atoms with E-state index < -0.39 is 0 Å². The zero-order valence-corrected chi connectivity index (χ0v) is 17.2. The number of benzene rings is 2. The smallest absolute Gasteiger partial charge is 0.317 e. The third-order valence-corrected chi connectivity index (χ3v) is 6.41. The molecule has 2 aromatic carbocycles. The van der Waals surface area contributed by atoms with Crippen molar-refractivity contribution < 1.29 is 4.79 Å². The van der Waals surface area contributed by atoms with Crippen molar-refractivity contribution in [1.29, 1.82) is 0 Å². The van der Waals surface area contributed by atoms with Crippen LogP contribution in [0.15, 0.2) is 48.5 Å². The van der Waals surface area contributed by atoms with Gasteiger partial charge in [-0.15, -0.1) is 11.3 Å². The van der Waals surface area contributed by atoms with Crippen LogP contribution >= 0.6 is 11.3 Å². The lowest BCUT2D eigenvalue weighted by atomic mass is 9.99. The molecule has 0 fully saturated rings. The van der Waals surface area contributed by atoms with Crippen molar-refractivity contribution in [3.63, 3.8) is 0 Å². The summed E-state index contributed by atoms with van der Waals surface area (Å²) in [4.78, 5) is 21.3. The highest BCUT2D eigenvalue weighted by atomic mass is 32.1. The summed E-state index contributed by atoms with van der Waals surface area (Å²) >= 11 is 1.64. The van der Waals surface area contributed by atoms with Crippen LogP contribution in [0, 0.1) is 0 Å². The summed E-state index contributed by atoms with van der Waals surface area (Å²) in [6.07, 6.45) is 1.08. The number of fused-ring (bicyclic) bond motifs is 2. The maximum absolute atomic E-state index is 12.5. The van der Waals surface area contributed by atoms with Gasteiger partial charge in [-0.3, -0.25) is 4.90 Å². The molecule has 0 radical (unpaired) electrons. The highest BCUT2D eigenvalue weighted by Crippen LogP contribution is 2.22. The second-order valence-corrected chi connectivity index (χ2v) is 8.57. The maximum Gasteiger partial charge on any atom is 0.317 e. The Kier molecular flexibility index (Phi) is 5.59. The summed E-state index contributed by atoms with van der Waals surface area (Å²) in [5.41, 5.74) is 3.85. The van der Waals surface area contributed by atoms with Crippen LogP contribution in [0.1, 0.15) is 23.1 Å². The average Bonchev–Trinajstić information content (AvgIpc) is 3.13. The molecule has 5 nitrogen and oxygen atoms in total. The van der Waals surface area contributed by atoms with Crippen LogP contribution in [0.4, 0.5) is 4.79 Å². The van der Waals surface area contributed by atoms with Gasteiger partial charge >= 0.3 is 6.03 Å². The Labute approximate surface area is 170 Å². The van der Waals surface area contributed by atoms with Gasteiger partial charge in [-0.2, -0.15) is 0 Å². The molecule has 1 unspecified atom stereocenters. The number of carbonyl (C=O) groups excluding carboxylic acids is 1. The van der Waals surface area contributed by atoms with Crippen molar-refractivity contribution in [2.45, 2.75) is 32.5 Å². The molecule has 1 aliphatic rings. The Balaban J connectivity index is 1.28. The third kappa shape index (κ3) is 4.18. The summed E-state index contributed by atoms with van der Waals surface area (Å²) in [7, 11) is 1.82. The molecule has 0 bridgehead atoms. The summed E-state index contributed by atoms with van der Waals surface area (Å²) in [5.74, 6) is 0. The van der Waals surface area contributed by atoms with E-state index in [-0.39, 0.29) is 6.03 Å². The van der Waals surface area contributed by atoms with E-state index in [4.69, 9.17) is 0 Å². The van der Waals surface area contributed by atoms with E-state index >= 15 is 0 Å². The second kappa shape index (κ2) is 8.29. The average molecular weight is 395 g/mol. The molecular formula is C22H26N4OS. The number of amides is 2. The molecule has 0 saturated carbocycles. The molecular weight excluding hydrogens is 368 g/mol. The number of hydrogen-bond donors (Lipinski definition) is 1. The zero-order valence-electron chi connectivity index (χ0n) is 16.4. The fourth-order valence-corrected chi connectivity index (χ4v) is 4.68. The SMILES string of the molecule is CC(CNC(=O)N(C)Cc1nc2ccccc2s1)N1CCc2ccccc2C1. The molecule has 2 heterocycles. The largest absolute Gasteiger partial charge is 0.336 e. The first-order valence-corrected chi connectivity index (χ1v) is 10.6. The van der Waals surface area contributed by atoms with E-state index in [0.29, 0.717) is 19.1 Å². The van der Waals surface area contributed by atoms with Crippen LogP contribution in [0.5, 0.6) is 0 Å². The number of rotatable bonds is 5. The van der Waals surface area contributed by atoms with Gasteiger partial charge in [-0.1, -0.05) is 36.4 Å². The number of nitrogens with one attached hydrogen (secondary N) is 1. The van der Waals surface area contributed by atoms with E-state index in [1.807, 2.05) is 25.2 Å². The molecule has 1 aromatic heterocycles. The van der Waals surface area contributed by atoms with Gasteiger partial charge in [0, 0.05) is 32.7 Å². The Bertz CT molecular complexity index is 937. The number of nitrogens with zero attached hydrogens (tertiary/aromatic N) is 3. The van der Waals surface area contributed by atoms with Gasteiger partial charge in [0.15, 0.2) is 0 Å². The lowest BCUT2D eigenvalue weighted by Crippen LogP contribution is -2.46. The Morgan fingerprint density at radius 1 is 1.21 bits per heavy atom. The molecule has 1 atom stereocenters. The van der Waals surface area contributed by atoms with Gasteiger partial charge in [0.05, 0.1) is 16.8 Å². The van der Waals surface area contributed by atoms with Gasteiger partial charge in [-0.25, -0.2) is 9.78 Å². The van der Waals surface area contributed by atoms with Crippen LogP contribution in [-0.2, 0) is 19.5 Å². The number of urea groups is 1.